The van der Waals surface area contributed by atoms with E-state index in [9.17, 15) is 31.2 Å². The second-order valence-corrected chi connectivity index (χ2v) is 9.45. The van der Waals surface area contributed by atoms with Gasteiger partial charge >= 0.3 is 6.18 Å². The van der Waals surface area contributed by atoms with Gasteiger partial charge in [0.25, 0.3) is 11.5 Å². The summed E-state index contributed by atoms with van der Waals surface area (Å²) in [5.41, 5.74) is -0.929. The van der Waals surface area contributed by atoms with Crippen LogP contribution in [0.15, 0.2) is 40.0 Å². The maximum Gasteiger partial charge on any atom is 0.422 e. The van der Waals surface area contributed by atoms with Gasteiger partial charge in [-0.15, -0.1) is 0 Å². The van der Waals surface area contributed by atoms with Crippen LogP contribution < -0.4 is 15.6 Å². The van der Waals surface area contributed by atoms with Crippen LogP contribution in [0.2, 0.25) is 0 Å². The van der Waals surface area contributed by atoms with Crippen LogP contribution in [-0.2, 0) is 17.1 Å². The lowest BCUT2D eigenvalue weighted by Crippen LogP contribution is -2.32. The fourth-order valence-electron chi connectivity index (χ4n) is 3.29. The Kier molecular flexibility index (Phi) is 7.42. The topological polar surface area (TPSA) is 111 Å². The van der Waals surface area contributed by atoms with Crippen molar-refractivity contribution in [2.75, 3.05) is 25.0 Å². The molecule has 1 aliphatic heterocycles. The highest BCUT2D eigenvalue weighted by molar-refractivity contribution is 7.89. The number of nitrogens with zero attached hydrogens (tertiary/aromatic N) is 3. The average Bonchev–Trinajstić information content (AvgIpc) is 3.04. The van der Waals surface area contributed by atoms with Crippen LogP contribution in [0.5, 0.6) is 5.75 Å². The Morgan fingerprint density at radius 2 is 1.79 bits per heavy atom. The second-order valence-electron chi connectivity index (χ2n) is 7.51. The highest BCUT2D eigenvalue weighted by Crippen LogP contribution is 2.31. The van der Waals surface area contributed by atoms with Crippen molar-refractivity contribution in [3.8, 4) is 5.75 Å². The Balaban J connectivity index is 1.95. The van der Waals surface area contributed by atoms with Crippen LogP contribution in [0.1, 0.15) is 36.2 Å². The Morgan fingerprint density at radius 1 is 1.12 bits per heavy atom. The predicted octanol–water partition coefficient (Wildman–Crippen LogP) is 2.54. The molecule has 9 nitrogen and oxygen atoms in total. The number of amides is 1. The van der Waals surface area contributed by atoms with E-state index in [1.54, 1.807) is 0 Å². The molecule has 33 heavy (non-hydrogen) atoms. The summed E-state index contributed by atoms with van der Waals surface area (Å²) >= 11 is 0. The van der Waals surface area contributed by atoms with Crippen molar-refractivity contribution in [2.24, 2.45) is 7.05 Å². The molecule has 1 amide bonds. The quantitative estimate of drug-likeness (QED) is 0.669. The number of aryl methyl sites for hydroxylation is 1. The lowest BCUT2D eigenvalue weighted by Gasteiger charge is -2.21. The highest BCUT2D eigenvalue weighted by Gasteiger charge is 2.30. The molecule has 1 N–H and O–H groups in total. The molecule has 0 bridgehead atoms. The van der Waals surface area contributed by atoms with E-state index in [2.05, 4.69) is 10.4 Å². The average molecular weight is 488 g/mol. The minimum absolute atomic E-state index is 0.188. The molecule has 3 rings (SSSR count). The summed E-state index contributed by atoms with van der Waals surface area (Å²) in [6, 6.07) is 5.52. The summed E-state index contributed by atoms with van der Waals surface area (Å²) in [7, 11) is -2.61. The normalized spacial score (nSPS) is 15.6. The van der Waals surface area contributed by atoms with Gasteiger partial charge in [-0.05, 0) is 37.1 Å². The predicted molar refractivity (Wildman–Crippen MR) is 113 cm³/mol. The van der Waals surface area contributed by atoms with Crippen LogP contribution >= 0.6 is 0 Å². The van der Waals surface area contributed by atoms with E-state index >= 15 is 0 Å². The Labute approximate surface area is 188 Å². The summed E-state index contributed by atoms with van der Waals surface area (Å²) in [5, 5.41) is 6.13. The number of hydrogen-bond acceptors (Lipinski definition) is 6. The standard InChI is InChI=1S/C20H23F3N4O5S/c1-26-18(28)9-7-15(25-26)19(29)24-16-12-14(6-8-17(16)32-13-20(21,22)23)33(30,31)27-10-4-2-3-5-11-27/h6-9,12H,2-5,10-11,13H2,1H3,(H,24,29). The van der Waals surface area contributed by atoms with Crippen LogP contribution in [0.25, 0.3) is 0 Å². The van der Waals surface area contributed by atoms with E-state index in [4.69, 9.17) is 4.74 Å². The Bertz CT molecular complexity index is 1170. The van der Waals surface area contributed by atoms with E-state index in [1.165, 1.54) is 11.4 Å². The van der Waals surface area contributed by atoms with Gasteiger partial charge in [0.05, 0.1) is 10.6 Å². The fourth-order valence-corrected chi connectivity index (χ4v) is 4.84. The minimum Gasteiger partial charge on any atom is -0.482 e. The van der Waals surface area contributed by atoms with E-state index in [0.29, 0.717) is 25.9 Å². The Hall–Kier alpha value is -2.93. The number of carbonyl (C=O) groups excluding carboxylic acids is 1. The van der Waals surface area contributed by atoms with Crippen molar-refractivity contribution < 1.29 is 31.1 Å². The lowest BCUT2D eigenvalue weighted by molar-refractivity contribution is -0.153. The van der Waals surface area contributed by atoms with Crippen LogP contribution in [-0.4, -0.2) is 54.3 Å². The molecule has 2 aromatic rings. The number of alkyl halides is 3. The summed E-state index contributed by atoms with van der Waals surface area (Å²) in [6.07, 6.45) is -1.42. The van der Waals surface area contributed by atoms with Gasteiger partial charge in [-0.25, -0.2) is 13.1 Å². The second kappa shape index (κ2) is 9.91. The maximum absolute atomic E-state index is 13.1. The number of carbonyl (C=O) groups is 1. The number of sulfonamides is 1. The molecule has 0 unspecified atom stereocenters. The summed E-state index contributed by atoms with van der Waals surface area (Å²) in [5.74, 6) is -1.22. The first-order valence-electron chi connectivity index (χ1n) is 10.2. The first kappa shape index (κ1) is 24.7. The molecule has 1 aliphatic rings. The van der Waals surface area contributed by atoms with Crippen LogP contribution in [0.3, 0.4) is 0 Å². The first-order chi connectivity index (χ1) is 15.5. The molecule has 0 atom stereocenters. The molecule has 1 saturated heterocycles. The number of rotatable bonds is 6. The van der Waals surface area contributed by atoms with Crippen LogP contribution in [0, 0.1) is 0 Å². The van der Waals surface area contributed by atoms with E-state index in [-0.39, 0.29) is 22.0 Å². The zero-order valence-electron chi connectivity index (χ0n) is 17.8. The van der Waals surface area contributed by atoms with E-state index < -0.39 is 34.3 Å². The largest absolute Gasteiger partial charge is 0.482 e. The SMILES string of the molecule is Cn1nc(C(=O)Nc2cc(S(=O)(=O)N3CCCCCC3)ccc2OCC(F)(F)F)ccc1=O. The van der Waals surface area contributed by atoms with Gasteiger partial charge in [0.1, 0.15) is 11.4 Å². The van der Waals surface area contributed by atoms with Crippen molar-refractivity contribution >= 4 is 21.6 Å². The molecule has 0 radical (unpaired) electrons. The number of ether oxygens (including phenoxy) is 1. The summed E-state index contributed by atoms with van der Waals surface area (Å²) < 4.78 is 71.3. The van der Waals surface area contributed by atoms with Gasteiger partial charge in [-0.1, -0.05) is 12.8 Å². The molecule has 0 spiro atoms. The van der Waals surface area contributed by atoms with Gasteiger partial charge in [-0.2, -0.15) is 22.6 Å². The van der Waals surface area contributed by atoms with E-state index in [0.717, 1.165) is 47.9 Å². The molecule has 13 heteroatoms. The molecule has 2 heterocycles. The molecule has 0 saturated carbocycles. The summed E-state index contributed by atoms with van der Waals surface area (Å²) in [6.45, 7) is -0.969. The lowest BCUT2D eigenvalue weighted by atomic mass is 10.2. The van der Waals surface area contributed by atoms with Gasteiger partial charge in [0.2, 0.25) is 10.0 Å². The third kappa shape index (κ3) is 6.32. The third-order valence-electron chi connectivity index (χ3n) is 4.99. The van der Waals surface area contributed by atoms with Crippen molar-refractivity contribution in [1.29, 1.82) is 0 Å². The number of halogens is 3. The van der Waals surface area contributed by atoms with E-state index in [1.807, 2.05) is 0 Å². The zero-order chi connectivity index (χ0) is 24.2. The maximum atomic E-state index is 13.1. The van der Waals surface area contributed by atoms with Crippen molar-refractivity contribution in [3.63, 3.8) is 0 Å². The number of anilines is 1. The minimum atomic E-state index is -4.64. The molecule has 1 aromatic carbocycles. The molecular weight excluding hydrogens is 465 g/mol. The van der Waals surface area contributed by atoms with Crippen LogP contribution in [0.4, 0.5) is 18.9 Å². The smallest absolute Gasteiger partial charge is 0.422 e. The Morgan fingerprint density at radius 3 is 2.39 bits per heavy atom. The van der Waals surface area contributed by atoms with Crippen molar-refractivity contribution in [3.05, 3.63) is 46.4 Å². The third-order valence-corrected chi connectivity index (χ3v) is 6.88. The molecule has 1 aromatic heterocycles. The summed E-state index contributed by atoms with van der Waals surface area (Å²) in [4.78, 5) is 23.9. The van der Waals surface area contributed by atoms with Gasteiger partial charge < -0.3 is 10.1 Å². The zero-order valence-corrected chi connectivity index (χ0v) is 18.6. The molecule has 1 fully saturated rings. The monoisotopic (exact) mass is 488 g/mol. The number of hydrogen-bond donors (Lipinski definition) is 1. The molecule has 0 aliphatic carbocycles. The first-order valence-corrected chi connectivity index (χ1v) is 11.6. The van der Waals surface area contributed by atoms with Gasteiger partial charge in [-0.3, -0.25) is 9.59 Å². The number of aromatic nitrogens is 2. The fraction of sp³-hybridized carbons (Fsp3) is 0.450. The molecular formula is C20H23F3N4O5S. The highest BCUT2D eigenvalue weighted by atomic mass is 32.2. The van der Waals surface area contributed by atoms with Gasteiger partial charge in [0, 0.05) is 26.2 Å². The number of benzene rings is 1. The van der Waals surface area contributed by atoms with Crippen molar-refractivity contribution in [1.82, 2.24) is 14.1 Å². The number of nitrogens with one attached hydrogen (secondary N) is 1. The van der Waals surface area contributed by atoms with Crippen molar-refractivity contribution in [2.45, 2.75) is 36.8 Å². The molecule has 180 valence electrons. The van der Waals surface area contributed by atoms with Gasteiger partial charge in [0.15, 0.2) is 6.61 Å².